The van der Waals surface area contributed by atoms with Crippen molar-refractivity contribution >= 4 is 13.0 Å². The predicted molar refractivity (Wildman–Crippen MR) is 69.2 cm³/mol. The van der Waals surface area contributed by atoms with Crippen molar-refractivity contribution in [2.24, 2.45) is 0 Å². The summed E-state index contributed by atoms with van der Waals surface area (Å²) in [7, 11) is -1.82. The molecule has 1 aromatic carbocycles. The zero-order valence-electron chi connectivity index (χ0n) is 9.84. The minimum atomic E-state index is -1.82. The molecule has 0 aliphatic heterocycles. The van der Waals surface area contributed by atoms with Gasteiger partial charge in [-0.2, -0.15) is 0 Å². The standard InChI is InChI=1S/C12H10BN3O3/c17-13(18)19-10-6-4-9(5-7-10)12-14-11-3-1-2-8-16(11)15-12/h1-8,17-18H. The van der Waals surface area contributed by atoms with E-state index in [0.29, 0.717) is 11.6 Å². The highest BCUT2D eigenvalue weighted by Crippen LogP contribution is 2.20. The van der Waals surface area contributed by atoms with Crippen molar-refractivity contribution in [1.29, 1.82) is 0 Å². The molecule has 0 unspecified atom stereocenters. The van der Waals surface area contributed by atoms with Crippen molar-refractivity contribution in [1.82, 2.24) is 14.6 Å². The SMILES string of the molecule is OB(O)Oc1ccc(-c2nc3ccccn3n2)cc1. The fraction of sp³-hybridized carbons (Fsp3) is 0. The summed E-state index contributed by atoms with van der Waals surface area (Å²) in [6.45, 7) is 0. The lowest BCUT2D eigenvalue weighted by Crippen LogP contribution is -2.20. The van der Waals surface area contributed by atoms with Crippen molar-refractivity contribution in [3.63, 3.8) is 0 Å². The molecule has 94 valence electrons. The Labute approximate surface area is 109 Å². The third kappa shape index (κ3) is 2.42. The number of benzene rings is 1. The molecular formula is C12H10BN3O3. The number of hydrogen-bond donors (Lipinski definition) is 2. The molecule has 2 aromatic heterocycles. The van der Waals surface area contributed by atoms with Crippen LogP contribution in [0.5, 0.6) is 5.75 Å². The van der Waals surface area contributed by atoms with E-state index in [1.165, 1.54) is 0 Å². The molecule has 0 saturated carbocycles. The number of hydrogen-bond acceptors (Lipinski definition) is 5. The maximum atomic E-state index is 8.69. The number of aromatic nitrogens is 3. The molecule has 0 fully saturated rings. The van der Waals surface area contributed by atoms with E-state index in [4.69, 9.17) is 14.7 Å². The van der Waals surface area contributed by atoms with Crippen molar-refractivity contribution in [3.05, 3.63) is 48.7 Å². The summed E-state index contributed by atoms with van der Waals surface area (Å²) in [6, 6.07) is 12.4. The summed E-state index contributed by atoms with van der Waals surface area (Å²) in [5, 5.41) is 21.7. The third-order valence-electron chi connectivity index (χ3n) is 2.60. The van der Waals surface area contributed by atoms with Crippen LogP contribution in [0, 0.1) is 0 Å². The predicted octanol–water partition coefficient (Wildman–Crippen LogP) is 0.745. The maximum absolute atomic E-state index is 8.69. The zero-order chi connectivity index (χ0) is 13.2. The van der Waals surface area contributed by atoms with Gasteiger partial charge < -0.3 is 14.7 Å². The normalized spacial score (nSPS) is 10.6. The van der Waals surface area contributed by atoms with E-state index < -0.39 is 7.32 Å². The van der Waals surface area contributed by atoms with Gasteiger partial charge in [0.1, 0.15) is 5.75 Å². The lowest BCUT2D eigenvalue weighted by molar-refractivity contribution is 0.288. The van der Waals surface area contributed by atoms with Gasteiger partial charge in [0.25, 0.3) is 0 Å². The van der Waals surface area contributed by atoms with E-state index in [1.807, 2.05) is 24.4 Å². The molecule has 2 N–H and O–H groups in total. The smallest absolute Gasteiger partial charge is 0.512 e. The van der Waals surface area contributed by atoms with Gasteiger partial charge in [-0.15, -0.1) is 5.10 Å². The summed E-state index contributed by atoms with van der Waals surface area (Å²) in [5.74, 6) is 0.963. The number of pyridine rings is 1. The van der Waals surface area contributed by atoms with Gasteiger partial charge in [-0.25, -0.2) is 9.50 Å². The molecule has 7 heteroatoms. The Balaban J connectivity index is 1.93. The van der Waals surface area contributed by atoms with E-state index in [9.17, 15) is 0 Å². The highest BCUT2D eigenvalue weighted by molar-refractivity contribution is 6.33. The quantitative estimate of drug-likeness (QED) is 0.675. The Morgan fingerprint density at radius 3 is 2.53 bits per heavy atom. The van der Waals surface area contributed by atoms with Crippen LogP contribution < -0.4 is 4.65 Å². The monoisotopic (exact) mass is 255 g/mol. The minimum absolute atomic E-state index is 0.363. The molecule has 0 spiro atoms. The second-order valence-electron chi connectivity index (χ2n) is 3.91. The van der Waals surface area contributed by atoms with Crippen molar-refractivity contribution < 1.29 is 14.7 Å². The highest BCUT2D eigenvalue weighted by atomic mass is 16.6. The van der Waals surface area contributed by atoms with Crippen LogP contribution in [0.1, 0.15) is 0 Å². The van der Waals surface area contributed by atoms with E-state index in [2.05, 4.69) is 10.1 Å². The first-order chi connectivity index (χ1) is 9.22. The van der Waals surface area contributed by atoms with Gasteiger partial charge in [0, 0.05) is 11.8 Å². The lowest BCUT2D eigenvalue weighted by Gasteiger charge is -2.04. The Morgan fingerprint density at radius 1 is 1.05 bits per heavy atom. The van der Waals surface area contributed by atoms with Gasteiger partial charge in [0.2, 0.25) is 0 Å². The molecule has 6 nitrogen and oxygen atoms in total. The second kappa shape index (κ2) is 4.71. The van der Waals surface area contributed by atoms with E-state index in [0.717, 1.165) is 11.2 Å². The topological polar surface area (TPSA) is 79.9 Å². The first kappa shape index (κ1) is 11.7. The lowest BCUT2D eigenvalue weighted by atomic mass is 10.2. The number of nitrogens with zero attached hydrogens (tertiary/aromatic N) is 3. The molecule has 0 atom stereocenters. The number of rotatable bonds is 3. The van der Waals surface area contributed by atoms with E-state index in [-0.39, 0.29) is 0 Å². The largest absolute Gasteiger partial charge is 0.707 e. The van der Waals surface area contributed by atoms with Gasteiger partial charge in [-0.3, -0.25) is 0 Å². The first-order valence-corrected chi connectivity index (χ1v) is 5.67. The highest BCUT2D eigenvalue weighted by Gasteiger charge is 2.11. The average molecular weight is 255 g/mol. The Kier molecular flexibility index (Phi) is 2.90. The molecule has 3 aromatic rings. The van der Waals surface area contributed by atoms with Crippen molar-refractivity contribution in [2.75, 3.05) is 0 Å². The molecule has 0 radical (unpaired) electrons. The maximum Gasteiger partial charge on any atom is 0.707 e. The summed E-state index contributed by atoms with van der Waals surface area (Å²) in [5.41, 5.74) is 1.59. The molecular weight excluding hydrogens is 245 g/mol. The molecule has 2 heterocycles. The van der Waals surface area contributed by atoms with Crippen molar-refractivity contribution in [3.8, 4) is 17.1 Å². The van der Waals surface area contributed by atoms with Gasteiger partial charge >= 0.3 is 7.32 Å². The summed E-state index contributed by atoms with van der Waals surface area (Å²) < 4.78 is 6.42. The fourth-order valence-corrected chi connectivity index (χ4v) is 1.76. The first-order valence-electron chi connectivity index (χ1n) is 5.67. The molecule has 0 saturated heterocycles. The van der Waals surface area contributed by atoms with E-state index >= 15 is 0 Å². The van der Waals surface area contributed by atoms with Crippen LogP contribution in [-0.2, 0) is 0 Å². The molecule has 3 rings (SSSR count). The summed E-state index contributed by atoms with van der Waals surface area (Å²) >= 11 is 0. The Hall–Kier alpha value is -2.38. The van der Waals surface area contributed by atoms with Crippen LogP contribution in [0.2, 0.25) is 0 Å². The van der Waals surface area contributed by atoms with Crippen LogP contribution >= 0.6 is 0 Å². The summed E-state index contributed by atoms with van der Waals surface area (Å²) in [4.78, 5) is 4.39. The van der Waals surface area contributed by atoms with Gasteiger partial charge in [0.05, 0.1) is 0 Å². The van der Waals surface area contributed by atoms with Crippen LogP contribution in [0.15, 0.2) is 48.7 Å². The summed E-state index contributed by atoms with van der Waals surface area (Å²) in [6.07, 6.45) is 1.82. The molecule has 19 heavy (non-hydrogen) atoms. The van der Waals surface area contributed by atoms with Crippen LogP contribution in [0.25, 0.3) is 17.0 Å². The zero-order valence-corrected chi connectivity index (χ0v) is 9.84. The minimum Gasteiger partial charge on any atom is -0.512 e. The third-order valence-corrected chi connectivity index (χ3v) is 2.60. The van der Waals surface area contributed by atoms with Crippen LogP contribution in [-0.4, -0.2) is 32.0 Å². The second-order valence-corrected chi connectivity index (χ2v) is 3.91. The van der Waals surface area contributed by atoms with Crippen LogP contribution in [0.3, 0.4) is 0 Å². The van der Waals surface area contributed by atoms with Crippen molar-refractivity contribution in [2.45, 2.75) is 0 Å². The van der Waals surface area contributed by atoms with Gasteiger partial charge in [-0.1, -0.05) is 6.07 Å². The van der Waals surface area contributed by atoms with Crippen LogP contribution in [0.4, 0.5) is 0 Å². The fourth-order valence-electron chi connectivity index (χ4n) is 1.76. The Bertz CT molecular complexity index is 664. The van der Waals surface area contributed by atoms with Gasteiger partial charge in [-0.05, 0) is 36.4 Å². The molecule has 0 aliphatic rings. The van der Waals surface area contributed by atoms with E-state index in [1.54, 1.807) is 28.8 Å². The molecule has 0 aliphatic carbocycles. The molecule has 0 amide bonds. The Morgan fingerprint density at radius 2 is 1.84 bits per heavy atom. The molecule has 0 bridgehead atoms. The number of fused-ring (bicyclic) bond motifs is 1. The average Bonchev–Trinajstić information content (AvgIpc) is 2.82. The van der Waals surface area contributed by atoms with Gasteiger partial charge in [0.15, 0.2) is 11.5 Å².